The van der Waals surface area contributed by atoms with E-state index in [1.807, 2.05) is 0 Å². The maximum absolute atomic E-state index is 10.9. The lowest BCUT2D eigenvalue weighted by Crippen LogP contribution is -2.38. The Morgan fingerprint density at radius 2 is 2.05 bits per heavy atom. The van der Waals surface area contributed by atoms with Gasteiger partial charge in [0.2, 0.25) is 5.69 Å². The van der Waals surface area contributed by atoms with Gasteiger partial charge < -0.3 is 4.74 Å². The normalized spacial score (nSPS) is 10.6. The minimum Gasteiger partial charge on any atom is -0.497 e. The molecule has 3 aromatic rings. The first-order valence-electron chi connectivity index (χ1n) is 5.23. The van der Waals surface area contributed by atoms with E-state index in [4.69, 9.17) is 4.74 Å². The number of rotatable bonds is 3. The summed E-state index contributed by atoms with van der Waals surface area (Å²) in [5.74, 6) is 0.226. The van der Waals surface area contributed by atoms with E-state index in [2.05, 4.69) is 29.8 Å². The highest BCUT2D eigenvalue weighted by Crippen LogP contribution is 2.22. The molecule has 0 saturated carbocycles. The Morgan fingerprint density at radius 3 is 2.68 bits per heavy atom. The summed E-state index contributed by atoms with van der Waals surface area (Å²) in [4.78, 5) is 12.0. The van der Waals surface area contributed by atoms with Crippen LogP contribution in [0.3, 0.4) is 0 Å². The first kappa shape index (κ1) is 11.1. The summed E-state index contributed by atoms with van der Waals surface area (Å²) in [5, 5.41) is 13.2. The minimum atomic E-state index is -0.705. The molecule has 3 rings (SSSR count). The van der Waals surface area contributed by atoms with Crippen LogP contribution in [-0.4, -0.2) is 27.8 Å². The van der Waals surface area contributed by atoms with E-state index in [0.29, 0.717) is 11.4 Å². The molecule has 0 aliphatic carbocycles. The number of nitrogens with one attached hydrogen (secondary N) is 1. The van der Waals surface area contributed by atoms with E-state index in [1.54, 1.807) is 31.4 Å². The zero-order valence-electron chi connectivity index (χ0n) is 9.73. The Balaban J connectivity index is 2.06. The summed E-state index contributed by atoms with van der Waals surface area (Å²) in [6, 6.07) is 7.09. The van der Waals surface area contributed by atoms with Crippen molar-refractivity contribution < 1.29 is 18.7 Å². The monoisotopic (exact) mass is 262 g/mol. The van der Waals surface area contributed by atoms with Gasteiger partial charge in [0.05, 0.1) is 7.11 Å². The molecule has 2 heterocycles. The van der Waals surface area contributed by atoms with Crippen LogP contribution >= 0.6 is 0 Å². The van der Waals surface area contributed by atoms with Crippen LogP contribution in [0.5, 0.6) is 5.75 Å². The largest absolute Gasteiger partial charge is 0.497 e. The van der Waals surface area contributed by atoms with Gasteiger partial charge in [-0.25, -0.2) is 4.79 Å². The molecule has 1 aromatic carbocycles. The Labute approximate surface area is 105 Å². The molecule has 2 aromatic heterocycles. The molecule has 19 heavy (non-hydrogen) atoms. The van der Waals surface area contributed by atoms with Crippen LogP contribution in [0, 0.1) is 0 Å². The molecule has 0 aliphatic heterocycles. The quantitative estimate of drug-likeness (QED) is 0.645. The zero-order valence-corrected chi connectivity index (χ0v) is 9.73. The SMILES string of the molecule is COc1ccc(-c2nonc2-[n+]2noc(=O)[nH]2)cc1. The number of methoxy groups -OCH3 is 1. The topological polar surface area (TPSA) is 111 Å². The highest BCUT2D eigenvalue weighted by molar-refractivity contribution is 5.64. The van der Waals surface area contributed by atoms with Crippen molar-refractivity contribution in [1.29, 1.82) is 0 Å². The summed E-state index contributed by atoms with van der Waals surface area (Å²) in [6.07, 6.45) is 0. The van der Waals surface area contributed by atoms with Gasteiger partial charge >= 0.3 is 11.6 Å². The van der Waals surface area contributed by atoms with Crippen molar-refractivity contribution in [1.82, 2.24) is 20.7 Å². The Hall–Kier alpha value is -2.97. The van der Waals surface area contributed by atoms with E-state index in [-0.39, 0.29) is 5.82 Å². The van der Waals surface area contributed by atoms with Crippen molar-refractivity contribution in [2.45, 2.75) is 0 Å². The Bertz CT molecular complexity index is 742. The lowest BCUT2D eigenvalue weighted by molar-refractivity contribution is -0.728. The van der Waals surface area contributed by atoms with Crippen LogP contribution in [0.2, 0.25) is 0 Å². The van der Waals surface area contributed by atoms with Crippen LogP contribution in [0.1, 0.15) is 0 Å². The summed E-state index contributed by atoms with van der Waals surface area (Å²) >= 11 is 0. The second-order valence-corrected chi connectivity index (χ2v) is 3.55. The molecule has 0 fully saturated rings. The molecule has 0 radical (unpaired) electrons. The van der Waals surface area contributed by atoms with Gasteiger partial charge in [0.15, 0.2) is 5.16 Å². The molecule has 1 N–H and O–H groups in total. The number of hydrogen-bond donors (Lipinski definition) is 1. The number of aromatic amines is 1. The molecule has 0 amide bonds. The third kappa shape index (κ3) is 1.97. The zero-order chi connectivity index (χ0) is 13.2. The van der Waals surface area contributed by atoms with Gasteiger partial charge in [-0.15, -0.1) is 9.73 Å². The Kier molecular flexibility index (Phi) is 2.56. The minimum absolute atomic E-state index is 0.219. The van der Waals surface area contributed by atoms with E-state index < -0.39 is 5.76 Å². The molecule has 0 saturated heterocycles. The van der Waals surface area contributed by atoms with Crippen LogP contribution in [-0.2, 0) is 0 Å². The van der Waals surface area contributed by atoms with Gasteiger partial charge in [-0.1, -0.05) is 0 Å². The second kappa shape index (κ2) is 4.37. The van der Waals surface area contributed by atoms with Crippen molar-refractivity contribution in [3.63, 3.8) is 0 Å². The van der Waals surface area contributed by atoms with Crippen LogP contribution in [0.15, 0.2) is 38.2 Å². The van der Waals surface area contributed by atoms with Gasteiger partial charge in [0.25, 0.3) is 0 Å². The fraction of sp³-hybridized carbons (Fsp3) is 0.100. The van der Waals surface area contributed by atoms with E-state index in [0.717, 1.165) is 10.4 Å². The van der Waals surface area contributed by atoms with Crippen LogP contribution < -0.4 is 15.3 Å². The van der Waals surface area contributed by atoms with E-state index in [9.17, 15) is 4.79 Å². The molecule has 0 unspecified atom stereocenters. The van der Waals surface area contributed by atoms with Crippen molar-refractivity contribution in [3.05, 3.63) is 34.8 Å². The first-order chi connectivity index (χ1) is 9.28. The summed E-state index contributed by atoms with van der Waals surface area (Å²) in [6.45, 7) is 0. The average molecular weight is 262 g/mol. The number of ether oxygens (including phenoxy) is 1. The van der Waals surface area contributed by atoms with Crippen molar-refractivity contribution in [2.24, 2.45) is 0 Å². The van der Waals surface area contributed by atoms with Gasteiger partial charge in [-0.05, 0) is 29.4 Å². The van der Waals surface area contributed by atoms with Gasteiger partial charge in [-0.2, -0.15) is 0 Å². The van der Waals surface area contributed by atoms with Gasteiger partial charge in [0, 0.05) is 10.4 Å². The number of aromatic nitrogens is 5. The molecule has 0 atom stereocenters. The molecule has 96 valence electrons. The van der Waals surface area contributed by atoms with Crippen LogP contribution in [0.25, 0.3) is 17.1 Å². The predicted octanol–water partition coefficient (Wildman–Crippen LogP) is -0.302. The molecule has 9 nitrogen and oxygen atoms in total. The molecule has 0 bridgehead atoms. The number of hydrogen-bond acceptors (Lipinski definition) is 7. The Morgan fingerprint density at radius 1 is 1.26 bits per heavy atom. The number of benzene rings is 1. The predicted molar refractivity (Wildman–Crippen MR) is 58.5 cm³/mol. The summed E-state index contributed by atoms with van der Waals surface area (Å²) < 4.78 is 14.1. The van der Waals surface area contributed by atoms with Crippen LogP contribution in [0.4, 0.5) is 0 Å². The lowest BCUT2D eigenvalue weighted by atomic mass is 10.1. The fourth-order valence-corrected chi connectivity index (χ4v) is 1.55. The molecule has 9 heteroatoms. The maximum atomic E-state index is 10.9. The van der Waals surface area contributed by atoms with E-state index in [1.165, 1.54) is 0 Å². The highest BCUT2D eigenvalue weighted by Gasteiger charge is 2.26. The second-order valence-electron chi connectivity index (χ2n) is 3.55. The average Bonchev–Trinajstić information content (AvgIpc) is 3.07. The van der Waals surface area contributed by atoms with Crippen molar-refractivity contribution in [2.75, 3.05) is 7.11 Å². The van der Waals surface area contributed by atoms with Crippen molar-refractivity contribution in [3.8, 4) is 22.8 Å². The third-order valence-electron chi connectivity index (χ3n) is 2.44. The molecule has 0 aliphatic rings. The van der Waals surface area contributed by atoms with E-state index >= 15 is 0 Å². The molecular formula is C10H8N5O4+. The standard InChI is InChI=1S/C10H7N5O4/c1-17-7-4-2-6(3-5-7)8-9(13-19-12-8)15-11-10(16)18-14-15/h2-5H,1H3/p+1. The molecular weight excluding hydrogens is 254 g/mol. The third-order valence-corrected chi connectivity index (χ3v) is 2.44. The van der Waals surface area contributed by atoms with Gasteiger partial charge in [0.1, 0.15) is 11.0 Å². The molecule has 0 spiro atoms. The summed E-state index contributed by atoms with van der Waals surface area (Å²) in [7, 11) is 1.58. The summed E-state index contributed by atoms with van der Waals surface area (Å²) in [5.41, 5.74) is 1.14. The van der Waals surface area contributed by atoms with Crippen molar-refractivity contribution >= 4 is 0 Å². The smallest absolute Gasteiger partial charge is 0.473 e. The number of H-pyrrole nitrogens is 1. The fourth-order valence-electron chi connectivity index (χ4n) is 1.55. The maximum Gasteiger partial charge on any atom is 0.473 e. The lowest BCUT2D eigenvalue weighted by Gasteiger charge is -1.98. The highest BCUT2D eigenvalue weighted by atomic mass is 16.6. The first-order valence-corrected chi connectivity index (χ1v) is 5.23. The van der Waals surface area contributed by atoms with Gasteiger partial charge in [-0.3, -0.25) is 4.52 Å². The number of nitrogens with zero attached hydrogens (tertiary/aromatic N) is 4.